The van der Waals surface area contributed by atoms with E-state index in [2.05, 4.69) is 5.10 Å². The molecular weight excluding hydrogens is 364 g/mol. The number of ether oxygens (including phenoxy) is 2. The third-order valence-electron chi connectivity index (χ3n) is 4.82. The van der Waals surface area contributed by atoms with Crippen molar-refractivity contribution in [3.63, 3.8) is 0 Å². The van der Waals surface area contributed by atoms with Gasteiger partial charge in [0.25, 0.3) is 5.56 Å². The molecule has 1 aromatic carbocycles. The molecule has 1 aliphatic carbocycles. The van der Waals surface area contributed by atoms with Gasteiger partial charge in [0, 0.05) is 18.9 Å². The summed E-state index contributed by atoms with van der Waals surface area (Å²) >= 11 is 0. The average molecular weight is 382 g/mol. The van der Waals surface area contributed by atoms with E-state index in [1.807, 2.05) is 0 Å². The minimum atomic E-state index is -1.39. The second-order valence-corrected chi connectivity index (χ2v) is 6.83. The first-order valence-corrected chi connectivity index (χ1v) is 9.06. The molecule has 1 fully saturated rings. The van der Waals surface area contributed by atoms with Crippen molar-refractivity contribution in [3.8, 4) is 17.2 Å². The standard InChI is InChI=1S/C20H18N2O6/c1-11-9-13(19(25)18-14(23)3-2-4-15(18)24)20(26)22(21-11)12-5-6-16-17(10-12)28-8-7-27-16/h5-6,9-10,18H,2-4,7-8H2,1H3. The molecule has 0 unspecified atom stereocenters. The quantitative estimate of drug-likeness (QED) is 0.584. The van der Waals surface area contributed by atoms with E-state index in [4.69, 9.17) is 9.47 Å². The van der Waals surface area contributed by atoms with Crippen LogP contribution in [0.2, 0.25) is 0 Å². The second-order valence-electron chi connectivity index (χ2n) is 6.83. The number of hydrogen-bond acceptors (Lipinski definition) is 7. The normalized spacial score (nSPS) is 16.9. The molecule has 0 N–H and O–H groups in total. The molecule has 144 valence electrons. The van der Waals surface area contributed by atoms with E-state index < -0.39 is 28.8 Å². The summed E-state index contributed by atoms with van der Waals surface area (Å²) in [4.78, 5) is 50.1. The Bertz CT molecular complexity index is 1040. The number of Topliss-reactive ketones (excluding diaryl/α,β-unsaturated/α-hetero) is 3. The van der Waals surface area contributed by atoms with Crippen molar-refractivity contribution in [2.75, 3.05) is 13.2 Å². The number of aryl methyl sites for hydroxylation is 1. The molecular formula is C20H18N2O6. The number of rotatable bonds is 3. The van der Waals surface area contributed by atoms with Crippen LogP contribution in [0.1, 0.15) is 35.3 Å². The molecule has 1 saturated carbocycles. The van der Waals surface area contributed by atoms with E-state index in [1.54, 1.807) is 25.1 Å². The Labute approximate surface area is 160 Å². The molecule has 0 amide bonds. The fraction of sp³-hybridized carbons (Fsp3) is 0.350. The SMILES string of the molecule is Cc1cc(C(=O)C2C(=O)CCCC2=O)c(=O)n(-c2ccc3c(c2)OCCO3)n1. The molecule has 28 heavy (non-hydrogen) atoms. The van der Waals surface area contributed by atoms with Gasteiger partial charge < -0.3 is 9.47 Å². The van der Waals surface area contributed by atoms with Crippen molar-refractivity contribution < 1.29 is 23.9 Å². The van der Waals surface area contributed by atoms with Gasteiger partial charge in [0.2, 0.25) is 0 Å². The monoisotopic (exact) mass is 382 g/mol. The molecule has 0 bridgehead atoms. The predicted octanol–water partition coefficient (Wildman–Crippen LogP) is 1.43. The summed E-state index contributed by atoms with van der Waals surface area (Å²) in [5.74, 6) is -1.97. The predicted molar refractivity (Wildman–Crippen MR) is 97.2 cm³/mol. The van der Waals surface area contributed by atoms with Gasteiger partial charge in [-0.2, -0.15) is 9.78 Å². The van der Waals surface area contributed by atoms with E-state index in [1.165, 1.54) is 6.07 Å². The van der Waals surface area contributed by atoms with E-state index in [0.717, 1.165) is 4.68 Å². The Morgan fingerprint density at radius 1 is 1.04 bits per heavy atom. The summed E-state index contributed by atoms with van der Waals surface area (Å²) in [6.07, 6.45) is 0.781. The van der Waals surface area contributed by atoms with Crippen LogP contribution in [0.25, 0.3) is 5.69 Å². The lowest BCUT2D eigenvalue weighted by Crippen LogP contribution is -2.39. The maximum absolute atomic E-state index is 13.0. The number of carbonyl (C=O) groups excluding carboxylic acids is 3. The minimum absolute atomic E-state index is 0.169. The zero-order valence-electron chi connectivity index (χ0n) is 15.3. The Morgan fingerprint density at radius 2 is 1.71 bits per heavy atom. The van der Waals surface area contributed by atoms with Gasteiger partial charge in [-0.1, -0.05) is 0 Å². The Balaban J connectivity index is 1.78. The van der Waals surface area contributed by atoms with Crippen LogP contribution in [-0.2, 0) is 9.59 Å². The van der Waals surface area contributed by atoms with Crippen molar-refractivity contribution in [2.45, 2.75) is 26.2 Å². The highest BCUT2D eigenvalue weighted by atomic mass is 16.6. The first-order chi connectivity index (χ1) is 13.5. The van der Waals surface area contributed by atoms with Crippen LogP contribution in [0.3, 0.4) is 0 Å². The van der Waals surface area contributed by atoms with Gasteiger partial charge in [-0.05, 0) is 31.5 Å². The number of benzene rings is 1. The van der Waals surface area contributed by atoms with Crippen molar-refractivity contribution >= 4 is 17.3 Å². The van der Waals surface area contributed by atoms with Crippen LogP contribution in [0.5, 0.6) is 11.5 Å². The summed E-state index contributed by atoms with van der Waals surface area (Å²) in [6.45, 7) is 2.47. The smallest absolute Gasteiger partial charge is 0.282 e. The molecule has 2 heterocycles. The lowest BCUT2D eigenvalue weighted by Gasteiger charge is -2.20. The van der Waals surface area contributed by atoms with Crippen molar-refractivity contribution in [1.82, 2.24) is 9.78 Å². The van der Waals surface area contributed by atoms with Crippen LogP contribution in [0.15, 0.2) is 29.1 Å². The van der Waals surface area contributed by atoms with Gasteiger partial charge >= 0.3 is 0 Å². The number of ketones is 3. The van der Waals surface area contributed by atoms with Gasteiger partial charge in [0.1, 0.15) is 19.1 Å². The lowest BCUT2D eigenvalue weighted by molar-refractivity contribution is -0.133. The van der Waals surface area contributed by atoms with E-state index in [9.17, 15) is 19.2 Å². The van der Waals surface area contributed by atoms with Crippen LogP contribution in [0, 0.1) is 12.8 Å². The highest BCUT2D eigenvalue weighted by Gasteiger charge is 2.38. The largest absolute Gasteiger partial charge is 0.486 e. The van der Waals surface area contributed by atoms with Crippen molar-refractivity contribution in [3.05, 3.63) is 45.9 Å². The van der Waals surface area contributed by atoms with Crippen LogP contribution in [0.4, 0.5) is 0 Å². The highest BCUT2D eigenvalue weighted by Crippen LogP contribution is 2.31. The number of hydrogen-bond donors (Lipinski definition) is 0. The fourth-order valence-corrected chi connectivity index (χ4v) is 3.49. The first-order valence-electron chi connectivity index (χ1n) is 9.06. The molecule has 0 radical (unpaired) electrons. The summed E-state index contributed by atoms with van der Waals surface area (Å²) < 4.78 is 12.1. The van der Waals surface area contributed by atoms with Gasteiger partial charge in [-0.25, -0.2) is 0 Å². The molecule has 2 aliphatic rings. The molecule has 2 aromatic rings. The molecule has 8 heteroatoms. The summed E-state index contributed by atoms with van der Waals surface area (Å²) in [5, 5.41) is 4.20. The maximum Gasteiger partial charge on any atom is 0.282 e. The van der Waals surface area contributed by atoms with Crippen LogP contribution in [-0.4, -0.2) is 40.3 Å². The maximum atomic E-state index is 13.0. The molecule has 8 nitrogen and oxygen atoms in total. The number of aromatic nitrogens is 2. The Hall–Kier alpha value is -3.29. The van der Waals surface area contributed by atoms with Gasteiger partial charge in [0.05, 0.1) is 16.9 Å². The Morgan fingerprint density at radius 3 is 2.43 bits per heavy atom. The summed E-state index contributed by atoms with van der Waals surface area (Å²) in [5.41, 5.74) is -0.0868. The Kier molecular flexibility index (Phi) is 4.54. The van der Waals surface area contributed by atoms with E-state index in [-0.39, 0.29) is 18.4 Å². The number of carbonyl (C=O) groups is 3. The zero-order valence-corrected chi connectivity index (χ0v) is 15.3. The summed E-state index contributed by atoms with van der Waals surface area (Å²) in [7, 11) is 0. The molecule has 0 spiro atoms. The van der Waals surface area contributed by atoms with Crippen molar-refractivity contribution in [2.24, 2.45) is 5.92 Å². The minimum Gasteiger partial charge on any atom is -0.486 e. The average Bonchev–Trinajstić information content (AvgIpc) is 2.69. The zero-order chi connectivity index (χ0) is 19.8. The van der Waals surface area contributed by atoms with Gasteiger partial charge in [-0.3, -0.25) is 19.2 Å². The van der Waals surface area contributed by atoms with Gasteiger partial charge in [-0.15, -0.1) is 0 Å². The highest BCUT2D eigenvalue weighted by molar-refractivity contribution is 6.25. The molecule has 0 atom stereocenters. The molecule has 0 saturated heterocycles. The third-order valence-corrected chi connectivity index (χ3v) is 4.82. The molecule has 1 aromatic heterocycles. The first kappa shape index (κ1) is 18.1. The van der Waals surface area contributed by atoms with E-state index >= 15 is 0 Å². The second kappa shape index (κ2) is 7.03. The number of nitrogens with zero attached hydrogens (tertiary/aromatic N) is 2. The van der Waals surface area contributed by atoms with E-state index in [0.29, 0.717) is 42.5 Å². The van der Waals surface area contributed by atoms with Gasteiger partial charge in [0.15, 0.2) is 28.8 Å². The van der Waals surface area contributed by atoms with Crippen LogP contribution >= 0.6 is 0 Å². The fourth-order valence-electron chi connectivity index (χ4n) is 3.49. The van der Waals surface area contributed by atoms with Crippen LogP contribution < -0.4 is 15.0 Å². The lowest BCUT2D eigenvalue weighted by atomic mass is 9.82. The summed E-state index contributed by atoms with van der Waals surface area (Å²) in [6, 6.07) is 6.23. The topological polar surface area (TPSA) is 105 Å². The molecule has 4 rings (SSSR count). The number of fused-ring (bicyclic) bond motifs is 1. The van der Waals surface area contributed by atoms with Crippen molar-refractivity contribution in [1.29, 1.82) is 0 Å². The molecule has 1 aliphatic heterocycles. The third kappa shape index (κ3) is 3.11.